The van der Waals surface area contributed by atoms with Gasteiger partial charge in [-0.1, -0.05) is 35.3 Å². The zero-order valence-electron chi connectivity index (χ0n) is 11.3. The van der Waals surface area contributed by atoms with Gasteiger partial charge in [0, 0.05) is 18.8 Å². The second-order valence-electron chi connectivity index (χ2n) is 5.14. The van der Waals surface area contributed by atoms with Gasteiger partial charge in [0.1, 0.15) is 5.82 Å². The predicted octanol–water partition coefficient (Wildman–Crippen LogP) is 4.20. The SMILES string of the molecule is NCC(c1ccc(Cl)c(Cl)c1)N1CCc2ccc(F)cc21. The quantitative estimate of drug-likeness (QED) is 0.917. The van der Waals surface area contributed by atoms with E-state index in [0.717, 1.165) is 29.8 Å². The van der Waals surface area contributed by atoms with Gasteiger partial charge in [0.25, 0.3) is 0 Å². The van der Waals surface area contributed by atoms with Gasteiger partial charge in [-0.15, -0.1) is 0 Å². The van der Waals surface area contributed by atoms with Crippen molar-refractivity contribution in [3.63, 3.8) is 0 Å². The molecule has 0 bridgehead atoms. The van der Waals surface area contributed by atoms with E-state index in [4.69, 9.17) is 28.9 Å². The largest absolute Gasteiger partial charge is 0.363 e. The highest BCUT2D eigenvalue weighted by atomic mass is 35.5. The molecule has 1 aliphatic heterocycles. The van der Waals surface area contributed by atoms with E-state index in [1.165, 1.54) is 6.07 Å². The summed E-state index contributed by atoms with van der Waals surface area (Å²) in [4.78, 5) is 2.14. The molecule has 21 heavy (non-hydrogen) atoms. The zero-order chi connectivity index (χ0) is 15.0. The van der Waals surface area contributed by atoms with Crippen molar-refractivity contribution in [3.8, 4) is 0 Å². The summed E-state index contributed by atoms with van der Waals surface area (Å²) in [6.07, 6.45) is 0.896. The Labute approximate surface area is 133 Å². The molecule has 1 unspecified atom stereocenters. The van der Waals surface area contributed by atoms with Crippen LogP contribution in [-0.4, -0.2) is 13.1 Å². The van der Waals surface area contributed by atoms with Gasteiger partial charge in [0.2, 0.25) is 0 Å². The van der Waals surface area contributed by atoms with Crippen LogP contribution in [-0.2, 0) is 6.42 Å². The molecule has 3 rings (SSSR count). The van der Waals surface area contributed by atoms with Crippen LogP contribution < -0.4 is 10.6 Å². The fraction of sp³-hybridized carbons (Fsp3) is 0.250. The molecule has 110 valence electrons. The summed E-state index contributed by atoms with van der Waals surface area (Å²) in [7, 11) is 0. The van der Waals surface area contributed by atoms with E-state index in [2.05, 4.69) is 4.90 Å². The number of anilines is 1. The average Bonchev–Trinajstić information content (AvgIpc) is 2.87. The lowest BCUT2D eigenvalue weighted by molar-refractivity contribution is 0.621. The zero-order valence-corrected chi connectivity index (χ0v) is 12.8. The van der Waals surface area contributed by atoms with Crippen LogP contribution >= 0.6 is 23.2 Å². The van der Waals surface area contributed by atoms with Crippen LogP contribution in [0.15, 0.2) is 36.4 Å². The fourth-order valence-electron chi connectivity index (χ4n) is 2.86. The number of hydrogen-bond acceptors (Lipinski definition) is 2. The van der Waals surface area contributed by atoms with Crippen molar-refractivity contribution < 1.29 is 4.39 Å². The van der Waals surface area contributed by atoms with E-state index < -0.39 is 0 Å². The first-order chi connectivity index (χ1) is 10.1. The van der Waals surface area contributed by atoms with Crippen molar-refractivity contribution in [3.05, 3.63) is 63.4 Å². The van der Waals surface area contributed by atoms with Crippen molar-refractivity contribution in [1.82, 2.24) is 0 Å². The maximum atomic E-state index is 13.5. The molecule has 0 saturated carbocycles. The number of nitrogens with zero attached hydrogens (tertiary/aromatic N) is 1. The van der Waals surface area contributed by atoms with Gasteiger partial charge >= 0.3 is 0 Å². The van der Waals surface area contributed by atoms with Gasteiger partial charge in [-0.05, 0) is 41.8 Å². The van der Waals surface area contributed by atoms with Crippen molar-refractivity contribution in [1.29, 1.82) is 0 Å². The molecule has 1 heterocycles. The molecule has 0 radical (unpaired) electrons. The number of nitrogens with two attached hydrogens (primary N) is 1. The van der Waals surface area contributed by atoms with E-state index in [-0.39, 0.29) is 11.9 Å². The Kier molecular flexibility index (Phi) is 4.07. The number of halogens is 3. The van der Waals surface area contributed by atoms with Crippen molar-refractivity contribution in [2.24, 2.45) is 5.73 Å². The van der Waals surface area contributed by atoms with Gasteiger partial charge < -0.3 is 10.6 Å². The topological polar surface area (TPSA) is 29.3 Å². The maximum Gasteiger partial charge on any atom is 0.125 e. The summed E-state index contributed by atoms with van der Waals surface area (Å²) in [6.45, 7) is 1.24. The van der Waals surface area contributed by atoms with Crippen LogP contribution in [0.2, 0.25) is 10.0 Å². The Morgan fingerprint density at radius 1 is 1.14 bits per heavy atom. The average molecular weight is 325 g/mol. The smallest absolute Gasteiger partial charge is 0.125 e. The van der Waals surface area contributed by atoms with E-state index in [9.17, 15) is 4.39 Å². The Morgan fingerprint density at radius 3 is 2.67 bits per heavy atom. The monoisotopic (exact) mass is 324 g/mol. The van der Waals surface area contributed by atoms with E-state index in [1.807, 2.05) is 18.2 Å². The molecule has 2 aromatic rings. The first kappa shape index (κ1) is 14.6. The van der Waals surface area contributed by atoms with Crippen molar-refractivity contribution in [2.45, 2.75) is 12.5 Å². The minimum atomic E-state index is -0.231. The number of benzene rings is 2. The normalized spacial score (nSPS) is 15.1. The lowest BCUT2D eigenvalue weighted by atomic mass is 10.0. The lowest BCUT2D eigenvalue weighted by Gasteiger charge is -2.30. The highest BCUT2D eigenvalue weighted by Gasteiger charge is 2.27. The Bertz CT molecular complexity index is 675. The molecule has 5 heteroatoms. The number of hydrogen-bond donors (Lipinski definition) is 1. The minimum absolute atomic E-state index is 0.0391. The first-order valence-electron chi connectivity index (χ1n) is 6.80. The third-order valence-corrected chi connectivity index (χ3v) is 4.65. The van der Waals surface area contributed by atoms with Gasteiger partial charge in [0.15, 0.2) is 0 Å². The van der Waals surface area contributed by atoms with Crippen molar-refractivity contribution in [2.75, 3.05) is 18.0 Å². The van der Waals surface area contributed by atoms with Crippen LogP contribution in [0.4, 0.5) is 10.1 Å². The molecule has 0 amide bonds. The van der Waals surface area contributed by atoms with E-state index in [0.29, 0.717) is 16.6 Å². The highest BCUT2D eigenvalue weighted by Crippen LogP contribution is 2.36. The Hall–Kier alpha value is -1.29. The minimum Gasteiger partial charge on any atom is -0.363 e. The molecule has 2 aromatic carbocycles. The molecule has 0 aromatic heterocycles. The maximum absolute atomic E-state index is 13.5. The Balaban J connectivity index is 1.98. The number of rotatable bonds is 3. The molecule has 1 atom stereocenters. The van der Waals surface area contributed by atoms with Crippen LogP contribution in [0.5, 0.6) is 0 Å². The summed E-state index contributed by atoms with van der Waals surface area (Å²) in [5.41, 5.74) is 9.01. The van der Waals surface area contributed by atoms with Crippen LogP contribution in [0.1, 0.15) is 17.2 Å². The predicted molar refractivity (Wildman–Crippen MR) is 85.7 cm³/mol. The summed E-state index contributed by atoms with van der Waals surface area (Å²) in [5, 5.41) is 1.02. The van der Waals surface area contributed by atoms with Gasteiger partial charge in [-0.3, -0.25) is 0 Å². The summed E-state index contributed by atoms with van der Waals surface area (Å²) in [6, 6.07) is 10.4. The number of fused-ring (bicyclic) bond motifs is 1. The molecule has 0 aliphatic carbocycles. The second kappa shape index (κ2) is 5.84. The molecule has 2 N–H and O–H groups in total. The van der Waals surface area contributed by atoms with E-state index in [1.54, 1.807) is 12.1 Å². The van der Waals surface area contributed by atoms with Crippen LogP contribution in [0.25, 0.3) is 0 Å². The van der Waals surface area contributed by atoms with E-state index >= 15 is 0 Å². The van der Waals surface area contributed by atoms with Gasteiger partial charge in [-0.2, -0.15) is 0 Å². The van der Waals surface area contributed by atoms with Crippen molar-refractivity contribution >= 4 is 28.9 Å². The molecular formula is C16H15Cl2FN2. The summed E-state index contributed by atoms with van der Waals surface area (Å²) in [5.74, 6) is -0.231. The molecule has 1 aliphatic rings. The van der Waals surface area contributed by atoms with Crippen LogP contribution in [0, 0.1) is 5.82 Å². The first-order valence-corrected chi connectivity index (χ1v) is 7.56. The van der Waals surface area contributed by atoms with Crippen LogP contribution in [0.3, 0.4) is 0 Å². The molecule has 0 spiro atoms. The van der Waals surface area contributed by atoms with Gasteiger partial charge in [-0.25, -0.2) is 4.39 Å². The highest BCUT2D eigenvalue weighted by molar-refractivity contribution is 6.42. The molecule has 0 saturated heterocycles. The fourth-order valence-corrected chi connectivity index (χ4v) is 3.17. The molecular weight excluding hydrogens is 310 g/mol. The van der Waals surface area contributed by atoms with Gasteiger partial charge in [0.05, 0.1) is 16.1 Å². The summed E-state index contributed by atoms with van der Waals surface area (Å²) >= 11 is 12.1. The Morgan fingerprint density at radius 2 is 1.95 bits per heavy atom. The second-order valence-corrected chi connectivity index (χ2v) is 5.96. The third kappa shape index (κ3) is 2.73. The molecule has 2 nitrogen and oxygen atoms in total. The lowest BCUT2D eigenvalue weighted by Crippen LogP contribution is -2.32. The molecule has 0 fully saturated rings. The third-order valence-electron chi connectivity index (χ3n) is 3.91. The standard InChI is InChI=1S/C16H15Cl2FN2/c17-13-4-2-11(7-14(13)18)16(9-20)21-6-5-10-1-3-12(19)8-15(10)21/h1-4,7-8,16H,5-6,9,20H2. The summed E-state index contributed by atoms with van der Waals surface area (Å²) < 4.78 is 13.5.